The van der Waals surface area contributed by atoms with E-state index in [0.29, 0.717) is 50.3 Å². The van der Waals surface area contributed by atoms with E-state index < -0.39 is 12.0 Å². The van der Waals surface area contributed by atoms with Crippen molar-refractivity contribution in [1.29, 1.82) is 0 Å². The van der Waals surface area contributed by atoms with Gasteiger partial charge >= 0.3 is 5.97 Å². The van der Waals surface area contributed by atoms with Gasteiger partial charge in [0.05, 0.1) is 16.5 Å². The molecule has 2 fully saturated rings. The van der Waals surface area contributed by atoms with Crippen molar-refractivity contribution in [1.82, 2.24) is 24.4 Å². The monoisotopic (exact) mass is 563 g/mol. The largest absolute Gasteiger partial charge is 0.478 e. The highest BCUT2D eigenvalue weighted by Gasteiger charge is 2.56. The third kappa shape index (κ3) is 3.88. The number of aromatic nitrogens is 4. The number of anilines is 2. The van der Waals surface area contributed by atoms with Gasteiger partial charge in [-0.15, -0.1) is 0 Å². The van der Waals surface area contributed by atoms with Crippen LogP contribution in [0.1, 0.15) is 28.8 Å². The minimum Gasteiger partial charge on any atom is -0.478 e. The number of carbonyl (C=O) groups is 3. The van der Waals surface area contributed by atoms with Gasteiger partial charge in [0.25, 0.3) is 0 Å². The maximum absolute atomic E-state index is 13.8. The fourth-order valence-electron chi connectivity index (χ4n) is 5.52. The van der Waals surface area contributed by atoms with Crippen molar-refractivity contribution in [2.45, 2.75) is 38.4 Å². The van der Waals surface area contributed by atoms with E-state index in [1.807, 2.05) is 0 Å². The highest BCUT2D eigenvalue weighted by Crippen LogP contribution is 2.48. The number of carboxylic acids is 1. The molecule has 4 N–H and O–H groups in total. The lowest BCUT2D eigenvalue weighted by molar-refractivity contribution is -0.138. The van der Waals surface area contributed by atoms with Gasteiger partial charge in [-0.05, 0) is 71.4 Å². The highest BCUT2D eigenvalue weighted by molar-refractivity contribution is 9.10. The smallest absolute Gasteiger partial charge is 0.335 e. The standard InChI is InChI=1S/C25H22BrN7O4/c1-11-5-13(25(36)37)6-14-20-22(27)28-10-29-23(20)32(21(11)14)9-19(34)33-15-7-12(15)8-16(33)24(35)31-18-4-2-3-17(26)30-18/h2-6,10,12,15-16H,7-9H2,1H3,(H,36,37)(H2,27,28,29)(H,30,31,35)/t12-,15?,16+/m1/s1. The second-order valence-electron chi connectivity index (χ2n) is 9.49. The second-order valence-corrected chi connectivity index (χ2v) is 10.3. The number of rotatable bonds is 5. The van der Waals surface area contributed by atoms with Crippen LogP contribution in [0.3, 0.4) is 0 Å². The average Bonchev–Trinajstić information content (AvgIpc) is 3.38. The molecule has 1 aromatic carbocycles. The van der Waals surface area contributed by atoms with E-state index in [0.717, 1.165) is 6.42 Å². The number of pyridine rings is 1. The first-order chi connectivity index (χ1) is 17.7. The van der Waals surface area contributed by atoms with E-state index in [9.17, 15) is 19.5 Å². The van der Waals surface area contributed by atoms with E-state index in [1.54, 1.807) is 40.7 Å². The molecule has 12 heteroatoms. The van der Waals surface area contributed by atoms with Crippen LogP contribution in [0.2, 0.25) is 0 Å². The number of hydrogen-bond donors (Lipinski definition) is 3. The predicted molar refractivity (Wildman–Crippen MR) is 139 cm³/mol. The second kappa shape index (κ2) is 8.51. The SMILES string of the molecule is Cc1cc(C(=O)O)cc2c3c(N)ncnc3n(CC(=O)N3C4C[C@@H]4C[C@H]3C(=O)Nc3cccc(Br)n3)c12. The normalized spacial score (nSPS) is 20.3. The summed E-state index contributed by atoms with van der Waals surface area (Å²) in [5, 5.41) is 13.5. The van der Waals surface area contributed by atoms with Gasteiger partial charge in [0.15, 0.2) is 0 Å². The van der Waals surface area contributed by atoms with Crippen molar-refractivity contribution in [3.05, 3.63) is 52.4 Å². The molecule has 2 aliphatic rings. The molecule has 1 saturated carbocycles. The summed E-state index contributed by atoms with van der Waals surface area (Å²) in [5.74, 6) is -0.654. The lowest BCUT2D eigenvalue weighted by atomic mass is 10.1. The Morgan fingerprint density at radius 1 is 1.22 bits per heavy atom. The number of nitrogens with zero attached hydrogens (tertiary/aromatic N) is 5. The quantitative estimate of drug-likeness (QED) is 0.313. The molecule has 0 bridgehead atoms. The summed E-state index contributed by atoms with van der Waals surface area (Å²) >= 11 is 3.30. The van der Waals surface area contributed by atoms with E-state index >= 15 is 0 Å². The van der Waals surface area contributed by atoms with Crippen LogP contribution in [0, 0.1) is 12.8 Å². The number of hydrogen-bond acceptors (Lipinski definition) is 7. The fourth-order valence-corrected chi connectivity index (χ4v) is 5.86. The van der Waals surface area contributed by atoms with Crippen molar-refractivity contribution in [3.8, 4) is 0 Å². The molecule has 0 spiro atoms. The summed E-state index contributed by atoms with van der Waals surface area (Å²) < 4.78 is 2.34. The number of fused-ring (bicyclic) bond motifs is 4. The summed E-state index contributed by atoms with van der Waals surface area (Å²) in [6.45, 7) is 1.71. The minimum absolute atomic E-state index is 0.0196. The third-order valence-corrected chi connectivity index (χ3v) is 7.60. The van der Waals surface area contributed by atoms with E-state index in [2.05, 4.69) is 36.2 Å². The number of carboxylic acid groups (broad SMARTS) is 1. The van der Waals surface area contributed by atoms with Crippen LogP contribution < -0.4 is 11.1 Å². The Bertz CT molecular complexity index is 1630. The van der Waals surface area contributed by atoms with Gasteiger partial charge in [0, 0.05) is 11.4 Å². The Morgan fingerprint density at radius 3 is 2.78 bits per heavy atom. The van der Waals surface area contributed by atoms with Crippen LogP contribution in [-0.4, -0.2) is 59.4 Å². The number of nitrogen functional groups attached to an aromatic ring is 1. The summed E-state index contributed by atoms with van der Waals surface area (Å²) in [5.41, 5.74) is 8.04. The number of nitrogens with two attached hydrogens (primary N) is 1. The summed E-state index contributed by atoms with van der Waals surface area (Å²) in [4.78, 5) is 53.0. The molecule has 0 radical (unpaired) electrons. The zero-order valence-corrected chi connectivity index (χ0v) is 21.3. The maximum atomic E-state index is 13.8. The molecular weight excluding hydrogens is 542 g/mol. The first-order valence-electron chi connectivity index (χ1n) is 11.7. The van der Waals surface area contributed by atoms with Crippen molar-refractivity contribution in [3.63, 3.8) is 0 Å². The molecule has 37 heavy (non-hydrogen) atoms. The molecule has 1 unspecified atom stereocenters. The Balaban J connectivity index is 1.37. The van der Waals surface area contributed by atoms with E-state index in [4.69, 9.17) is 5.73 Å². The fraction of sp³-hybridized carbons (Fsp3) is 0.280. The molecule has 6 rings (SSSR count). The van der Waals surface area contributed by atoms with Gasteiger partial charge in [-0.1, -0.05) is 6.07 Å². The number of benzene rings is 1. The van der Waals surface area contributed by atoms with Crippen LogP contribution in [0.25, 0.3) is 21.9 Å². The first kappa shape index (κ1) is 23.3. The van der Waals surface area contributed by atoms with Crippen molar-refractivity contribution >= 4 is 67.3 Å². The zero-order valence-electron chi connectivity index (χ0n) is 19.7. The Labute approximate surface area is 218 Å². The molecule has 1 aliphatic heterocycles. The van der Waals surface area contributed by atoms with Gasteiger partial charge in [0.2, 0.25) is 11.8 Å². The van der Waals surface area contributed by atoms with Gasteiger partial charge in [-0.2, -0.15) is 0 Å². The summed E-state index contributed by atoms with van der Waals surface area (Å²) in [7, 11) is 0. The Kier molecular flexibility index (Phi) is 5.37. The molecule has 2 amide bonds. The lowest BCUT2D eigenvalue weighted by Gasteiger charge is -2.27. The van der Waals surface area contributed by atoms with Gasteiger partial charge in [-0.3, -0.25) is 9.59 Å². The van der Waals surface area contributed by atoms with E-state index in [1.165, 1.54) is 12.4 Å². The van der Waals surface area contributed by atoms with E-state index in [-0.39, 0.29) is 35.8 Å². The molecule has 3 aromatic heterocycles. The van der Waals surface area contributed by atoms with Crippen molar-refractivity contribution in [2.75, 3.05) is 11.1 Å². The molecule has 4 aromatic rings. The van der Waals surface area contributed by atoms with Gasteiger partial charge in [0.1, 0.15) is 40.8 Å². The Morgan fingerprint density at radius 2 is 2.03 bits per heavy atom. The molecule has 4 heterocycles. The number of likely N-dealkylation sites (tertiary alicyclic amines) is 1. The number of amides is 2. The number of carbonyl (C=O) groups excluding carboxylic acids is 2. The van der Waals surface area contributed by atoms with Crippen LogP contribution in [0.4, 0.5) is 11.6 Å². The molecule has 11 nitrogen and oxygen atoms in total. The van der Waals surface area contributed by atoms with Crippen molar-refractivity contribution in [2.24, 2.45) is 5.92 Å². The predicted octanol–water partition coefficient (Wildman–Crippen LogP) is 2.96. The number of halogens is 1. The van der Waals surface area contributed by atoms with Gasteiger partial charge < -0.3 is 25.6 Å². The summed E-state index contributed by atoms with van der Waals surface area (Å²) in [6.07, 6.45) is 2.78. The third-order valence-electron chi connectivity index (χ3n) is 7.15. The summed E-state index contributed by atoms with van der Waals surface area (Å²) in [6, 6.07) is 7.73. The number of aromatic carboxylic acids is 1. The number of aryl methyl sites for hydroxylation is 1. The molecule has 188 valence electrons. The van der Waals surface area contributed by atoms with Gasteiger partial charge in [-0.25, -0.2) is 19.7 Å². The topological polar surface area (TPSA) is 156 Å². The van der Waals surface area contributed by atoms with Crippen LogP contribution in [-0.2, 0) is 16.1 Å². The zero-order chi connectivity index (χ0) is 26.0. The molecule has 3 atom stereocenters. The number of piperidine rings is 1. The average molecular weight is 564 g/mol. The van der Waals surface area contributed by atoms with Crippen LogP contribution >= 0.6 is 15.9 Å². The lowest BCUT2D eigenvalue weighted by Crippen LogP contribution is -2.46. The molecular formula is C25H22BrN7O4. The Hall–Kier alpha value is -4.06. The highest BCUT2D eigenvalue weighted by atomic mass is 79.9. The molecule has 1 saturated heterocycles. The molecule has 1 aliphatic carbocycles. The first-order valence-corrected chi connectivity index (χ1v) is 12.5. The van der Waals surface area contributed by atoms with Crippen LogP contribution in [0.15, 0.2) is 41.3 Å². The number of nitrogens with one attached hydrogen (secondary N) is 1. The van der Waals surface area contributed by atoms with Crippen molar-refractivity contribution < 1.29 is 19.5 Å². The minimum atomic E-state index is -1.07. The van der Waals surface area contributed by atoms with Crippen LogP contribution in [0.5, 0.6) is 0 Å². The maximum Gasteiger partial charge on any atom is 0.335 e.